The van der Waals surface area contributed by atoms with E-state index >= 15 is 0 Å². The standard InChI is InChI=1S/C9H13ClO5S/c1-5(10)9(11)14-7-3-2-6-4-8(7)15-16(6,12)13/h5-8H,2-4H2,1H3. The second-order valence-corrected chi connectivity index (χ2v) is 6.65. The number of carbonyl (C=O) groups excluding carboxylic acids is 1. The SMILES string of the molecule is CC(Cl)C(=O)OC1CCC2CC1OS2(=O)=O. The van der Waals surface area contributed by atoms with Crippen molar-refractivity contribution < 1.29 is 22.1 Å². The molecular formula is C9H13ClO5S. The lowest BCUT2D eigenvalue weighted by Gasteiger charge is -2.25. The number of alkyl halides is 1. The summed E-state index contributed by atoms with van der Waals surface area (Å²) in [4.78, 5) is 11.3. The maximum Gasteiger partial charge on any atom is 0.324 e. The molecule has 2 bridgehead atoms. The second-order valence-electron chi connectivity index (χ2n) is 4.15. The van der Waals surface area contributed by atoms with Gasteiger partial charge in [-0.15, -0.1) is 11.6 Å². The van der Waals surface area contributed by atoms with Crippen LogP contribution in [-0.2, 0) is 23.8 Å². The van der Waals surface area contributed by atoms with E-state index in [0.717, 1.165) is 0 Å². The van der Waals surface area contributed by atoms with Crippen molar-refractivity contribution >= 4 is 27.7 Å². The molecule has 2 fully saturated rings. The zero-order valence-corrected chi connectivity index (χ0v) is 10.3. The predicted molar refractivity (Wildman–Crippen MR) is 56.6 cm³/mol. The maximum absolute atomic E-state index is 11.4. The number of hydrogen-bond acceptors (Lipinski definition) is 5. The van der Waals surface area contributed by atoms with Gasteiger partial charge in [0.25, 0.3) is 10.1 Å². The molecule has 1 aliphatic carbocycles. The number of esters is 1. The van der Waals surface area contributed by atoms with E-state index in [1.54, 1.807) is 0 Å². The van der Waals surface area contributed by atoms with E-state index in [9.17, 15) is 13.2 Å². The summed E-state index contributed by atoms with van der Waals surface area (Å²) in [5, 5.41) is -1.16. The van der Waals surface area contributed by atoms with Gasteiger partial charge in [-0.3, -0.25) is 8.98 Å². The summed E-state index contributed by atoms with van der Waals surface area (Å²) in [7, 11) is -3.44. The molecule has 0 spiro atoms. The van der Waals surface area contributed by atoms with E-state index in [2.05, 4.69) is 0 Å². The van der Waals surface area contributed by atoms with E-state index in [0.29, 0.717) is 19.3 Å². The lowest BCUT2D eigenvalue weighted by molar-refractivity contribution is -0.154. The van der Waals surface area contributed by atoms with Gasteiger partial charge in [-0.25, -0.2) is 0 Å². The van der Waals surface area contributed by atoms with Crippen LogP contribution < -0.4 is 0 Å². The molecule has 2 rings (SSSR count). The van der Waals surface area contributed by atoms with Gasteiger partial charge in [0.05, 0.1) is 5.25 Å². The zero-order valence-electron chi connectivity index (χ0n) is 8.76. The molecule has 1 saturated heterocycles. The highest BCUT2D eigenvalue weighted by Gasteiger charge is 2.48. The van der Waals surface area contributed by atoms with Gasteiger partial charge in [0.2, 0.25) is 0 Å². The molecule has 16 heavy (non-hydrogen) atoms. The molecule has 1 aliphatic heterocycles. The van der Waals surface area contributed by atoms with Crippen molar-refractivity contribution in [1.82, 2.24) is 0 Å². The largest absolute Gasteiger partial charge is 0.458 e. The third-order valence-corrected chi connectivity index (χ3v) is 4.88. The normalized spacial score (nSPS) is 38.0. The molecule has 0 N–H and O–H groups in total. The molecule has 5 nitrogen and oxygen atoms in total. The topological polar surface area (TPSA) is 69.7 Å². The molecule has 0 aromatic rings. The summed E-state index contributed by atoms with van der Waals surface area (Å²) in [5.74, 6) is -0.530. The average molecular weight is 269 g/mol. The maximum atomic E-state index is 11.4. The summed E-state index contributed by atoms with van der Waals surface area (Å²) in [5.41, 5.74) is 0. The summed E-state index contributed by atoms with van der Waals surface area (Å²) in [6, 6.07) is 0. The lowest BCUT2D eigenvalue weighted by Crippen LogP contribution is -2.36. The van der Waals surface area contributed by atoms with Crippen LogP contribution in [0.5, 0.6) is 0 Å². The van der Waals surface area contributed by atoms with Crippen LogP contribution in [0.15, 0.2) is 0 Å². The van der Waals surface area contributed by atoms with Crippen molar-refractivity contribution in [1.29, 1.82) is 0 Å². The number of rotatable bonds is 2. The molecule has 2 aliphatic rings. The minimum absolute atomic E-state index is 0.414. The van der Waals surface area contributed by atoms with Crippen LogP contribution in [0.3, 0.4) is 0 Å². The molecule has 0 amide bonds. The Balaban J connectivity index is 2.03. The third kappa shape index (κ3) is 2.19. The third-order valence-electron chi connectivity index (χ3n) is 2.94. The number of ether oxygens (including phenoxy) is 1. The van der Waals surface area contributed by atoms with Crippen LogP contribution in [-0.4, -0.2) is 37.2 Å². The molecule has 0 aromatic carbocycles. The fraction of sp³-hybridized carbons (Fsp3) is 0.889. The van der Waals surface area contributed by atoms with Gasteiger partial charge in [-0.2, -0.15) is 8.42 Å². The lowest BCUT2D eigenvalue weighted by atomic mass is 9.94. The van der Waals surface area contributed by atoms with E-state index in [1.165, 1.54) is 6.92 Å². The number of halogens is 1. The van der Waals surface area contributed by atoms with E-state index in [4.69, 9.17) is 20.5 Å². The van der Waals surface area contributed by atoms with Crippen LogP contribution in [0.25, 0.3) is 0 Å². The number of hydrogen-bond donors (Lipinski definition) is 0. The molecule has 4 atom stereocenters. The van der Waals surface area contributed by atoms with Crippen molar-refractivity contribution in [3.8, 4) is 0 Å². The second kappa shape index (κ2) is 4.16. The Labute approximate surface area is 99.2 Å². The fourth-order valence-corrected chi connectivity index (χ4v) is 3.66. The van der Waals surface area contributed by atoms with Crippen LogP contribution >= 0.6 is 11.6 Å². The first kappa shape index (κ1) is 12.1. The Hall–Kier alpha value is -0.330. The van der Waals surface area contributed by atoms with Gasteiger partial charge < -0.3 is 4.74 Å². The fourth-order valence-electron chi connectivity index (χ4n) is 2.06. The van der Waals surface area contributed by atoms with E-state index in [1.807, 2.05) is 0 Å². The van der Waals surface area contributed by atoms with E-state index < -0.39 is 38.9 Å². The van der Waals surface area contributed by atoms with E-state index in [-0.39, 0.29) is 0 Å². The van der Waals surface area contributed by atoms with Crippen molar-refractivity contribution in [3.05, 3.63) is 0 Å². The highest BCUT2D eigenvalue weighted by atomic mass is 35.5. The zero-order chi connectivity index (χ0) is 11.9. The summed E-state index contributed by atoms with van der Waals surface area (Å²) >= 11 is 5.57. The minimum atomic E-state index is -3.44. The molecular weight excluding hydrogens is 256 g/mol. The van der Waals surface area contributed by atoms with Crippen molar-refractivity contribution in [2.45, 2.75) is 49.0 Å². The summed E-state index contributed by atoms with van der Waals surface area (Å²) < 4.78 is 32.9. The Morgan fingerprint density at radius 3 is 2.81 bits per heavy atom. The Kier molecular flexibility index (Phi) is 3.16. The quantitative estimate of drug-likeness (QED) is 0.421. The first-order chi connectivity index (χ1) is 7.40. The van der Waals surface area contributed by atoms with Gasteiger partial charge in [-0.1, -0.05) is 0 Å². The molecule has 0 radical (unpaired) electrons. The Morgan fingerprint density at radius 2 is 2.19 bits per heavy atom. The summed E-state index contributed by atoms with van der Waals surface area (Å²) in [6.07, 6.45) is 0.402. The van der Waals surface area contributed by atoms with Gasteiger partial charge in [-0.05, 0) is 26.2 Å². The highest BCUT2D eigenvalue weighted by Crippen LogP contribution is 2.37. The number of carbonyl (C=O) groups is 1. The highest BCUT2D eigenvalue weighted by molar-refractivity contribution is 7.87. The van der Waals surface area contributed by atoms with Crippen molar-refractivity contribution in [2.75, 3.05) is 0 Å². The Bertz CT molecular complexity index is 391. The monoisotopic (exact) mass is 268 g/mol. The molecule has 1 saturated carbocycles. The van der Waals surface area contributed by atoms with Gasteiger partial charge in [0.15, 0.2) is 0 Å². The number of fused-ring (bicyclic) bond motifs is 2. The molecule has 4 unspecified atom stereocenters. The van der Waals surface area contributed by atoms with Gasteiger partial charge in [0.1, 0.15) is 17.6 Å². The molecule has 7 heteroatoms. The minimum Gasteiger partial charge on any atom is -0.458 e. The molecule has 1 heterocycles. The van der Waals surface area contributed by atoms with Crippen molar-refractivity contribution in [2.24, 2.45) is 0 Å². The van der Waals surface area contributed by atoms with Crippen LogP contribution in [0, 0.1) is 0 Å². The van der Waals surface area contributed by atoms with Crippen LogP contribution in [0.1, 0.15) is 26.2 Å². The van der Waals surface area contributed by atoms with Crippen LogP contribution in [0.4, 0.5) is 0 Å². The van der Waals surface area contributed by atoms with Crippen molar-refractivity contribution in [3.63, 3.8) is 0 Å². The molecule has 92 valence electrons. The van der Waals surface area contributed by atoms with Crippen LogP contribution in [0.2, 0.25) is 0 Å². The average Bonchev–Trinajstić information content (AvgIpc) is 2.42. The van der Waals surface area contributed by atoms with Gasteiger partial charge >= 0.3 is 5.97 Å². The first-order valence-electron chi connectivity index (χ1n) is 5.17. The smallest absolute Gasteiger partial charge is 0.324 e. The summed E-state index contributed by atoms with van der Waals surface area (Å²) in [6.45, 7) is 1.52. The molecule has 0 aromatic heterocycles. The first-order valence-corrected chi connectivity index (χ1v) is 7.07. The predicted octanol–water partition coefficient (Wildman–Crippen LogP) is 0.807. The van der Waals surface area contributed by atoms with Gasteiger partial charge in [0, 0.05) is 0 Å². The Morgan fingerprint density at radius 1 is 1.50 bits per heavy atom.